The molecule has 1 rings (SSSR count). The third-order valence-electron chi connectivity index (χ3n) is 3.36. The molecule has 112 valence electrons. The van der Waals surface area contributed by atoms with Gasteiger partial charge in [0.2, 0.25) is 0 Å². The first-order valence-corrected chi connectivity index (χ1v) is 7.29. The molecule has 1 unspecified atom stereocenters. The summed E-state index contributed by atoms with van der Waals surface area (Å²) in [6.07, 6.45) is 2.10. The Morgan fingerprint density at radius 2 is 1.85 bits per heavy atom. The third kappa shape index (κ3) is 5.61. The number of carbonyl (C=O) groups is 1. The molecule has 0 bridgehead atoms. The van der Waals surface area contributed by atoms with E-state index in [4.69, 9.17) is 0 Å². The molecule has 1 atom stereocenters. The van der Waals surface area contributed by atoms with E-state index in [1.165, 1.54) is 11.1 Å². The molecule has 1 aromatic carbocycles. The van der Waals surface area contributed by atoms with Crippen molar-refractivity contribution >= 4 is 6.03 Å². The van der Waals surface area contributed by atoms with E-state index in [0.29, 0.717) is 6.54 Å². The topological polar surface area (TPSA) is 44.4 Å². The molecule has 2 N–H and O–H groups in total. The summed E-state index contributed by atoms with van der Waals surface area (Å²) in [5.74, 6) is 0. The maximum atomic E-state index is 11.7. The van der Waals surface area contributed by atoms with Gasteiger partial charge in [-0.05, 0) is 33.0 Å². The summed E-state index contributed by atoms with van der Waals surface area (Å²) in [5.41, 5.74) is 2.46. The Morgan fingerprint density at radius 1 is 1.20 bits per heavy atom. The van der Waals surface area contributed by atoms with E-state index in [-0.39, 0.29) is 12.1 Å². The summed E-state index contributed by atoms with van der Waals surface area (Å²) >= 11 is 0. The summed E-state index contributed by atoms with van der Waals surface area (Å²) < 4.78 is 0. The monoisotopic (exact) mass is 277 g/mol. The first kappa shape index (κ1) is 16.5. The minimum Gasteiger partial charge on any atom is -0.338 e. The Labute approximate surface area is 122 Å². The normalized spacial score (nSPS) is 12.2. The number of urea groups is 1. The van der Waals surface area contributed by atoms with Crippen molar-refractivity contribution in [1.82, 2.24) is 15.5 Å². The zero-order valence-electron chi connectivity index (χ0n) is 13.1. The van der Waals surface area contributed by atoms with Gasteiger partial charge in [-0.1, -0.05) is 43.2 Å². The van der Waals surface area contributed by atoms with Crippen molar-refractivity contribution in [2.24, 2.45) is 0 Å². The van der Waals surface area contributed by atoms with Crippen molar-refractivity contribution in [3.05, 3.63) is 35.4 Å². The van der Waals surface area contributed by atoms with Gasteiger partial charge in [-0.15, -0.1) is 0 Å². The first-order valence-electron chi connectivity index (χ1n) is 7.29. The van der Waals surface area contributed by atoms with E-state index in [1.54, 1.807) is 0 Å². The number of nitrogens with zero attached hydrogens (tertiary/aromatic N) is 1. The maximum absolute atomic E-state index is 11.7. The lowest BCUT2D eigenvalue weighted by Gasteiger charge is -2.25. The van der Waals surface area contributed by atoms with Crippen LogP contribution in [0.15, 0.2) is 24.3 Å². The minimum absolute atomic E-state index is 0.0857. The van der Waals surface area contributed by atoms with E-state index >= 15 is 0 Å². The maximum Gasteiger partial charge on any atom is 0.314 e. The van der Waals surface area contributed by atoms with Crippen molar-refractivity contribution in [2.45, 2.75) is 32.7 Å². The highest BCUT2D eigenvalue weighted by molar-refractivity contribution is 5.73. The van der Waals surface area contributed by atoms with Crippen LogP contribution in [0, 0.1) is 6.92 Å². The second-order valence-electron chi connectivity index (χ2n) is 5.38. The quantitative estimate of drug-likeness (QED) is 0.753. The standard InChI is InChI=1S/C16H27N3O/c1-5-6-11-17-16(20)18-12-15(19(3)4)14-9-7-13(2)8-10-14/h7-10,15H,5-6,11-12H2,1-4H3,(H2,17,18,20). The number of unbranched alkanes of at least 4 members (excludes halogenated alkanes) is 1. The Bertz CT molecular complexity index is 401. The van der Waals surface area contributed by atoms with E-state index in [9.17, 15) is 4.79 Å². The first-order chi connectivity index (χ1) is 9.54. The van der Waals surface area contributed by atoms with Crippen LogP contribution in [0.25, 0.3) is 0 Å². The molecule has 2 amide bonds. The summed E-state index contributed by atoms with van der Waals surface area (Å²) in [5, 5.41) is 5.81. The Balaban J connectivity index is 2.51. The van der Waals surface area contributed by atoms with Crippen LogP contribution in [0.5, 0.6) is 0 Å². The molecule has 20 heavy (non-hydrogen) atoms. The highest BCUT2D eigenvalue weighted by atomic mass is 16.2. The lowest BCUT2D eigenvalue weighted by Crippen LogP contribution is -2.40. The zero-order valence-corrected chi connectivity index (χ0v) is 13.1. The number of hydrogen-bond donors (Lipinski definition) is 2. The highest BCUT2D eigenvalue weighted by Gasteiger charge is 2.14. The fourth-order valence-electron chi connectivity index (χ4n) is 2.02. The van der Waals surface area contributed by atoms with Crippen LogP contribution in [0.4, 0.5) is 4.79 Å². The third-order valence-corrected chi connectivity index (χ3v) is 3.36. The second kappa shape index (κ2) is 8.59. The molecule has 0 saturated heterocycles. The van der Waals surface area contributed by atoms with Crippen LogP contribution in [0.1, 0.15) is 36.9 Å². The molecule has 0 aliphatic carbocycles. The van der Waals surface area contributed by atoms with Gasteiger partial charge >= 0.3 is 6.03 Å². The van der Waals surface area contributed by atoms with Crippen molar-refractivity contribution in [2.75, 3.05) is 27.2 Å². The molecule has 4 nitrogen and oxygen atoms in total. The summed E-state index contributed by atoms with van der Waals surface area (Å²) in [6.45, 7) is 5.53. The fraction of sp³-hybridized carbons (Fsp3) is 0.562. The van der Waals surface area contributed by atoms with Gasteiger partial charge in [0.25, 0.3) is 0 Å². The van der Waals surface area contributed by atoms with Crippen LogP contribution in [-0.4, -0.2) is 38.1 Å². The zero-order chi connectivity index (χ0) is 15.0. The molecule has 0 saturated carbocycles. The van der Waals surface area contributed by atoms with E-state index in [1.807, 2.05) is 14.1 Å². The molecule has 0 spiro atoms. The Hall–Kier alpha value is -1.55. The Morgan fingerprint density at radius 3 is 2.40 bits per heavy atom. The fourth-order valence-corrected chi connectivity index (χ4v) is 2.02. The average Bonchev–Trinajstić information content (AvgIpc) is 2.41. The lowest BCUT2D eigenvalue weighted by molar-refractivity contribution is 0.232. The van der Waals surface area contributed by atoms with Crippen molar-refractivity contribution in [3.63, 3.8) is 0 Å². The molecule has 0 aliphatic heterocycles. The van der Waals surface area contributed by atoms with Crippen LogP contribution in [0.3, 0.4) is 0 Å². The average molecular weight is 277 g/mol. The van der Waals surface area contributed by atoms with Gasteiger partial charge in [0.1, 0.15) is 0 Å². The largest absolute Gasteiger partial charge is 0.338 e. The van der Waals surface area contributed by atoms with Gasteiger partial charge in [-0.2, -0.15) is 0 Å². The smallest absolute Gasteiger partial charge is 0.314 e. The van der Waals surface area contributed by atoms with Gasteiger partial charge in [-0.3, -0.25) is 0 Å². The summed E-state index contributed by atoms with van der Waals surface area (Å²) in [7, 11) is 4.06. The van der Waals surface area contributed by atoms with Crippen molar-refractivity contribution in [3.8, 4) is 0 Å². The Kier molecular flexibility index (Phi) is 7.09. The minimum atomic E-state index is -0.0857. The van der Waals surface area contributed by atoms with Gasteiger partial charge < -0.3 is 15.5 Å². The van der Waals surface area contributed by atoms with Crippen LogP contribution < -0.4 is 10.6 Å². The summed E-state index contributed by atoms with van der Waals surface area (Å²) in [6, 6.07) is 8.55. The van der Waals surface area contributed by atoms with E-state index in [2.05, 4.69) is 53.6 Å². The molecule has 0 heterocycles. The highest BCUT2D eigenvalue weighted by Crippen LogP contribution is 2.17. The number of rotatable bonds is 7. The van der Waals surface area contributed by atoms with E-state index in [0.717, 1.165) is 19.4 Å². The second-order valence-corrected chi connectivity index (χ2v) is 5.38. The SMILES string of the molecule is CCCCNC(=O)NCC(c1ccc(C)cc1)N(C)C. The number of aryl methyl sites for hydroxylation is 1. The number of hydrogen-bond acceptors (Lipinski definition) is 2. The lowest BCUT2D eigenvalue weighted by atomic mass is 10.0. The van der Waals surface area contributed by atoms with Gasteiger partial charge in [0.05, 0.1) is 6.04 Å². The number of carbonyl (C=O) groups excluding carboxylic acids is 1. The molecule has 0 aromatic heterocycles. The molecule has 0 fully saturated rings. The predicted octanol–water partition coefficient (Wildman–Crippen LogP) is 2.70. The number of likely N-dealkylation sites (N-methyl/N-ethyl adjacent to an activating group) is 1. The molecule has 1 aromatic rings. The van der Waals surface area contributed by atoms with Crippen LogP contribution >= 0.6 is 0 Å². The van der Waals surface area contributed by atoms with E-state index < -0.39 is 0 Å². The number of benzene rings is 1. The predicted molar refractivity (Wildman–Crippen MR) is 83.9 cm³/mol. The molecule has 0 aliphatic rings. The molecular weight excluding hydrogens is 250 g/mol. The molecular formula is C16H27N3O. The van der Waals surface area contributed by atoms with Gasteiger partial charge in [0.15, 0.2) is 0 Å². The van der Waals surface area contributed by atoms with Crippen molar-refractivity contribution < 1.29 is 4.79 Å². The molecule has 0 radical (unpaired) electrons. The van der Waals surface area contributed by atoms with Gasteiger partial charge in [-0.25, -0.2) is 4.79 Å². The molecule has 4 heteroatoms. The van der Waals surface area contributed by atoms with Gasteiger partial charge in [0, 0.05) is 13.1 Å². The number of nitrogens with one attached hydrogen (secondary N) is 2. The number of amides is 2. The van der Waals surface area contributed by atoms with Crippen LogP contribution in [-0.2, 0) is 0 Å². The van der Waals surface area contributed by atoms with Crippen LogP contribution in [0.2, 0.25) is 0 Å². The summed E-state index contributed by atoms with van der Waals surface area (Å²) in [4.78, 5) is 13.8. The van der Waals surface area contributed by atoms with Crippen molar-refractivity contribution in [1.29, 1.82) is 0 Å².